The minimum absolute atomic E-state index is 0.614. The highest BCUT2D eigenvalue weighted by Gasteiger charge is 2.24. The molecule has 0 bridgehead atoms. The van der Waals surface area contributed by atoms with E-state index in [1.165, 1.54) is 29.5 Å². The number of fused-ring (bicyclic) bond motifs is 1. The number of nitrogens with one attached hydrogen (secondary N) is 1. The number of hydrogen-bond acceptors (Lipinski definition) is 2. The first-order valence-electron chi connectivity index (χ1n) is 6.15. The summed E-state index contributed by atoms with van der Waals surface area (Å²) in [7, 11) is 1.77. The Labute approximate surface area is 98.0 Å². The topological polar surface area (TPSA) is 21.3 Å². The van der Waals surface area contributed by atoms with Crippen LogP contribution in [0.1, 0.15) is 42.4 Å². The van der Waals surface area contributed by atoms with Crippen molar-refractivity contribution in [1.29, 1.82) is 0 Å². The Balaban J connectivity index is 2.47. The van der Waals surface area contributed by atoms with Crippen LogP contribution < -0.4 is 10.1 Å². The van der Waals surface area contributed by atoms with E-state index < -0.39 is 0 Å². The molecule has 16 heavy (non-hydrogen) atoms. The smallest absolute Gasteiger partial charge is 0.122 e. The number of rotatable bonds is 3. The van der Waals surface area contributed by atoms with Crippen LogP contribution in [0.3, 0.4) is 0 Å². The fraction of sp³-hybridized carbons (Fsp3) is 0.571. The van der Waals surface area contributed by atoms with Gasteiger partial charge in [-0.25, -0.2) is 0 Å². The summed E-state index contributed by atoms with van der Waals surface area (Å²) >= 11 is 0. The molecular formula is C14H21NO. The van der Waals surface area contributed by atoms with Crippen molar-refractivity contribution in [1.82, 2.24) is 5.32 Å². The van der Waals surface area contributed by atoms with Crippen molar-refractivity contribution in [2.24, 2.45) is 0 Å². The summed E-state index contributed by atoms with van der Waals surface area (Å²) in [6, 6.07) is 4.27. The number of benzene rings is 1. The lowest BCUT2D eigenvalue weighted by molar-refractivity contribution is 0.393. The maximum absolute atomic E-state index is 5.52. The standard InChI is InChI=1S/C14H21NO/c1-4-5-11-8-15-9-12-10(2)6-7-13(16-3)14(11)12/h6-7,11,15H,4-5,8-9H2,1-3H3. The molecule has 0 amide bonds. The summed E-state index contributed by atoms with van der Waals surface area (Å²) in [5.41, 5.74) is 4.27. The largest absolute Gasteiger partial charge is 0.496 e. The lowest BCUT2D eigenvalue weighted by Crippen LogP contribution is -2.29. The quantitative estimate of drug-likeness (QED) is 0.844. The van der Waals surface area contributed by atoms with Crippen LogP contribution in [0.5, 0.6) is 5.75 Å². The normalized spacial score (nSPS) is 19.3. The zero-order valence-electron chi connectivity index (χ0n) is 10.5. The van der Waals surface area contributed by atoms with E-state index in [1.54, 1.807) is 7.11 Å². The molecule has 1 heterocycles. The molecule has 1 unspecified atom stereocenters. The second-order valence-corrected chi connectivity index (χ2v) is 4.59. The number of aryl methyl sites for hydroxylation is 1. The van der Waals surface area contributed by atoms with Gasteiger partial charge in [0.1, 0.15) is 5.75 Å². The molecule has 0 saturated carbocycles. The predicted octanol–water partition coefficient (Wildman–Crippen LogP) is 2.99. The van der Waals surface area contributed by atoms with Gasteiger partial charge in [-0.3, -0.25) is 0 Å². The minimum Gasteiger partial charge on any atom is -0.496 e. The van der Waals surface area contributed by atoms with Gasteiger partial charge in [0.25, 0.3) is 0 Å². The number of hydrogen-bond donors (Lipinski definition) is 1. The molecule has 1 aliphatic rings. The fourth-order valence-corrected chi connectivity index (χ4v) is 2.68. The maximum atomic E-state index is 5.52. The van der Waals surface area contributed by atoms with Crippen LogP contribution in [0.25, 0.3) is 0 Å². The van der Waals surface area contributed by atoms with Crippen LogP contribution >= 0.6 is 0 Å². The van der Waals surface area contributed by atoms with Gasteiger partial charge in [-0.1, -0.05) is 19.4 Å². The second-order valence-electron chi connectivity index (χ2n) is 4.59. The van der Waals surface area contributed by atoms with Gasteiger partial charge < -0.3 is 10.1 Å². The molecule has 2 rings (SSSR count). The third-order valence-electron chi connectivity index (χ3n) is 3.51. The van der Waals surface area contributed by atoms with Gasteiger partial charge >= 0.3 is 0 Å². The van der Waals surface area contributed by atoms with Crippen LogP contribution in [-0.2, 0) is 6.54 Å². The van der Waals surface area contributed by atoms with Gasteiger partial charge in [0.15, 0.2) is 0 Å². The van der Waals surface area contributed by atoms with Gasteiger partial charge in [-0.05, 0) is 30.5 Å². The molecule has 1 aromatic rings. The van der Waals surface area contributed by atoms with Crippen LogP contribution in [-0.4, -0.2) is 13.7 Å². The molecule has 88 valence electrons. The monoisotopic (exact) mass is 219 g/mol. The van der Waals surface area contributed by atoms with E-state index in [1.807, 2.05) is 0 Å². The average Bonchev–Trinajstić information content (AvgIpc) is 2.31. The molecule has 0 fully saturated rings. The number of methoxy groups -OCH3 is 1. The van der Waals surface area contributed by atoms with E-state index in [4.69, 9.17) is 4.74 Å². The van der Waals surface area contributed by atoms with Gasteiger partial charge in [0.2, 0.25) is 0 Å². The average molecular weight is 219 g/mol. The van der Waals surface area contributed by atoms with E-state index >= 15 is 0 Å². The van der Waals surface area contributed by atoms with Crippen molar-refractivity contribution in [2.45, 2.75) is 39.2 Å². The molecule has 0 radical (unpaired) electrons. The van der Waals surface area contributed by atoms with E-state index in [0.717, 1.165) is 18.8 Å². The molecule has 1 atom stereocenters. The first-order valence-corrected chi connectivity index (χ1v) is 6.15. The highest BCUT2D eigenvalue weighted by molar-refractivity contribution is 5.48. The first-order chi connectivity index (χ1) is 7.77. The zero-order valence-corrected chi connectivity index (χ0v) is 10.5. The van der Waals surface area contributed by atoms with E-state index in [2.05, 4.69) is 31.3 Å². The molecule has 0 aromatic heterocycles. The van der Waals surface area contributed by atoms with E-state index in [0.29, 0.717) is 5.92 Å². The highest BCUT2D eigenvalue weighted by Crippen LogP contribution is 2.36. The summed E-state index contributed by atoms with van der Waals surface area (Å²) in [6.07, 6.45) is 2.46. The summed E-state index contributed by atoms with van der Waals surface area (Å²) in [5.74, 6) is 1.68. The molecular weight excluding hydrogens is 198 g/mol. The Kier molecular flexibility index (Phi) is 3.49. The van der Waals surface area contributed by atoms with Crippen molar-refractivity contribution in [2.75, 3.05) is 13.7 Å². The Bertz CT molecular complexity index is 373. The van der Waals surface area contributed by atoms with Crippen LogP contribution in [0.2, 0.25) is 0 Å². The molecule has 2 nitrogen and oxygen atoms in total. The van der Waals surface area contributed by atoms with Crippen molar-refractivity contribution < 1.29 is 4.74 Å². The second kappa shape index (κ2) is 4.88. The van der Waals surface area contributed by atoms with E-state index in [-0.39, 0.29) is 0 Å². The summed E-state index contributed by atoms with van der Waals surface area (Å²) < 4.78 is 5.52. The molecule has 1 N–H and O–H groups in total. The Morgan fingerprint density at radius 1 is 1.44 bits per heavy atom. The molecule has 0 saturated heterocycles. The van der Waals surface area contributed by atoms with Crippen molar-refractivity contribution in [3.63, 3.8) is 0 Å². The lowest BCUT2D eigenvalue weighted by atomic mass is 9.85. The number of ether oxygens (including phenoxy) is 1. The third-order valence-corrected chi connectivity index (χ3v) is 3.51. The van der Waals surface area contributed by atoms with Gasteiger partial charge in [-0.2, -0.15) is 0 Å². The lowest BCUT2D eigenvalue weighted by Gasteiger charge is -2.29. The Morgan fingerprint density at radius 3 is 2.94 bits per heavy atom. The third kappa shape index (κ3) is 1.94. The minimum atomic E-state index is 0.614. The molecule has 0 aliphatic carbocycles. The van der Waals surface area contributed by atoms with Gasteiger partial charge in [0.05, 0.1) is 7.11 Å². The van der Waals surface area contributed by atoms with Crippen LogP contribution in [0, 0.1) is 6.92 Å². The van der Waals surface area contributed by atoms with Crippen molar-refractivity contribution in [3.05, 3.63) is 28.8 Å². The van der Waals surface area contributed by atoms with Gasteiger partial charge in [-0.15, -0.1) is 0 Å². The first kappa shape index (κ1) is 11.5. The fourth-order valence-electron chi connectivity index (χ4n) is 2.68. The Hall–Kier alpha value is -1.02. The molecule has 1 aliphatic heterocycles. The highest BCUT2D eigenvalue weighted by atomic mass is 16.5. The summed E-state index contributed by atoms with van der Waals surface area (Å²) in [6.45, 7) is 6.50. The Morgan fingerprint density at radius 2 is 2.25 bits per heavy atom. The zero-order chi connectivity index (χ0) is 11.5. The van der Waals surface area contributed by atoms with Crippen molar-refractivity contribution >= 4 is 0 Å². The molecule has 2 heteroatoms. The van der Waals surface area contributed by atoms with Gasteiger partial charge in [0, 0.05) is 24.6 Å². The predicted molar refractivity (Wildman–Crippen MR) is 67.1 cm³/mol. The SMILES string of the molecule is CCCC1CNCc2c(C)ccc(OC)c21. The van der Waals surface area contributed by atoms with Crippen LogP contribution in [0.4, 0.5) is 0 Å². The van der Waals surface area contributed by atoms with Crippen LogP contribution in [0.15, 0.2) is 12.1 Å². The summed E-state index contributed by atoms with van der Waals surface area (Å²) in [4.78, 5) is 0. The summed E-state index contributed by atoms with van der Waals surface area (Å²) in [5, 5.41) is 3.51. The van der Waals surface area contributed by atoms with Crippen molar-refractivity contribution in [3.8, 4) is 5.75 Å². The molecule has 0 spiro atoms. The maximum Gasteiger partial charge on any atom is 0.122 e. The van der Waals surface area contributed by atoms with E-state index in [9.17, 15) is 0 Å². The molecule has 1 aromatic carbocycles.